The summed E-state index contributed by atoms with van der Waals surface area (Å²) in [5, 5.41) is 4.86. The highest BCUT2D eigenvalue weighted by molar-refractivity contribution is 7.99. The number of benzene rings is 2. The molecule has 1 aromatic heterocycles. The molecule has 25 heavy (non-hydrogen) atoms. The van der Waals surface area contributed by atoms with E-state index in [0.29, 0.717) is 10.9 Å². The van der Waals surface area contributed by atoms with Crippen LogP contribution in [-0.4, -0.2) is 34.4 Å². The minimum absolute atomic E-state index is 0.187. The van der Waals surface area contributed by atoms with Crippen molar-refractivity contribution in [2.75, 3.05) is 12.9 Å². The smallest absolute Gasteiger partial charge is 0.250 e. The summed E-state index contributed by atoms with van der Waals surface area (Å²) in [6, 6.07) is 15.3. The Balaban J connectivity index is 1.56. The zero-order chi connectivity index (χ0) is 17.6. The fourth-order valence-electron chi connectivity index (χ4n) is 2.22. The van der Waals surface area contributed by atoms with Crippen LogP contribution in [0.1, 0.15) is 12.5 Å². The third-order valence-corrected chi connectivity index (χ3v) is 4.42. The third kappa shape index (κ3) is 4.39. The highest BCUT2D eigenvalue weighted by Crippen LogP contribution is 2.18. The Bertz CT molecular complexity index is 887. The van der Waals surface area contributed by atoms with E-state index in [1.54, 1.807) is 7.11 Å². The van der Waals surface area contributed by atoms with Gasteiger partial charge in [0.1, 0.15) is 5.75 Å². The van der Waals surface area contributed by atoms with E-state index in [1.165, 1.54) is 11.8 Å². The van der Waals surface area contributed by atoms with E-state index in [9.17, 15) is 4.79 Å². The average Bonchev–Trinajstić information content (AvgIpc) is 3.07. The van der Waals surface area contributed by atoms with Crippen molar-refractivity contribution >= 4 is 34.4 Å². The summed E-state index contributed by atoms with van der Waals surface area (Å²) >= 11 is 1.34. The van der Waals surface area contributed by atoms with Crippen LogP contribution in [0.3, 0.4) is 0 Å². The topological polar surface area (TPSA) is 79.4 Å². The van der Waals surface area contributed by atoms with Crippen LogP contribution >= 0.6 is 11.8 Å². The van der Waals surface area contributed by atoms with Crippen LogP contribution < -0.4 is 10.2 Å². The lowest BCUT2D eigenvalue weighted by atomic mass is 10.1. The Morgan fingerprint density at radius 3 is 2.92 bits per heavy atom. The van der Waals surface area contributed by atoms with Gasteiger partial charge in [-0.15, -0.1) is 0 Å². The van der Waals surface area contributed by atoms with Crippen molar-refractivity contribution in [3.8, 4) is 5.75 Å². The maximum atomic E-state index is 12.0. The van der Waals surface area contributed by atoms with Gasteiger partial charge >= 0.3 is 0 Å². The number of carbonyl (C=O) groups excluding carboxylic acids is 1. The summed E-state index contributed by atoms with van der Waals surface area (Å²) in [6.07, 6.45) is 0. The molecule has 0 fully saturated rings. The number of nitrogens with one attached hydrogen (secondary N) is 2. The van der Waals surface area contributed by atoms with Crippen LogP contribution in [0.5, 0.6) is 5.75 Å². The summed E-state index contributed by atoms with van der Waals surface area (Å²) in [4.78, 5) is 19.6. The van der Waals surface area contributed by atoms with E-state index in [0.717, 1.165) is 22.3 Å². The number of aromatic nitrogens is 2. The van der Waals surface area contributed by atoms with Gasteiger partial charge in [0.2, 0.25) is 0 Å². The number of fused-ring (bicyclic) bond motifs is 1. The van der Waals surface area contributed by atoms with Gasteiger partial charge in [0.25, 0.3) is 5.91 Å². The van der Waals surface area contributed by atoms with Gasteiger partial charge in [0, 0.05) is 5.56 Å². The minimum Gasteiger partial charge on any atom is -0.497 e. The van der Waals surface area contributed by atoms with Gasteiger partial charge in [-0.2, -0.15) is 5.10 Å². The predicted octanol–water partition coefficient (Wildman–Crippen LogP) is 3.20. The Morgan fingerprint density at radius 2 is 2.12 bits per heavy atom. The lowest BCUT2D eigenvalue weighted by molar-refractivity contribution is -0.118. The molecule has 2 N–H and O–H groups in total. The lowest BCUT2D eigenvalue weighted by Gasteiger charge is -2.04. The van der Waals surface area contributed by atoms with Crippen LogP contribution in [-0.2, 0) is 4.79 Å². The number of thioether (sulfide) groups is 1. The maximum absolute atomic E-state index is 12.0. The average molecular weight is 354 g/mol. The number of hydrazone groups is 1. The van der Waals surface area contributed by atoms with Gasteiger partial charge in [-0.25, -0.2) is 10.4 Å². The van der Waals surface area contributed by atoms with Crippen molar-refractivity contribution in [1.29, 1.82) is 0 Å². The molecule has 6 nitrogen and oxygen atoms in total. The van der Waals surface area contributed by atoms with Crippen LogP contribution in [0.2, 0.25) is 0 Å². The quantitative estimate of drug-likeness (QED) is 0.405. The Morgan fingerprint density at radius 1 is 1.28 bits per heavy atom. The number of rotatable bonds is 6. The molecule has 3 aromatic rings. The molecule has 1 heterocycles. The number of aromatic amines is 1. The first-order valence-electron chi connectivity index (χ1n) is 7.71. The second-order valence-electron chi connectivity index (χ2n) is 5.31. The number of hydrogen-bond acceptors (Lipinski definition) is 5. The van der Waals surface area contributed by atoms with Gasteiger partial charge in [-0.3, -0.25) is 4.79 Å². The first-order chi connectivity index (χ1) is 12.2. The molecule has 0 spiro atoms. The molecule has 0 radical (unpaired) electrons. The standard InChI is InChI=1S/C18H18N4O2S/c1-12(13-6-5-7-14(10-13)24-2)21-22-17(23)11-25-18-19-15-8-3-4-9-16(15)20-18/h3-10H,11H2,1-2H3,(H,19,20)(H,22,23). The van der Waals surface area contributed by atoms with Crippen LogP contribution in [0.4, 0.5) is 0 Å². The van der Waals surface area contributed by atoms with E-state index in [4.69, 9.17) is 4.74 Å². The van der Waals surface area contributed by atoms with Crippen molar-refractivity contribution in [2.45, 2.75) is 12.1 Å². The second kappa shape index (κ2) is 7.85. The summed E-state index contributed by atoms with van der Waals surface area (Å²) in [7, 11) is 1.61. The van der Waals surface area contributed by atoms with E-state index >= 15 is 0 Å². The van der Waals surface area contributed by atoms with Gasteiger partial charge in [0.05, 0.1) is 29.6 Å². The molecule has 0 saturated carbocycles. The number of nitrogens with zero attached hydrogens (tertiary/aromatic N) is 2. The third-order valence-electron chi connectivity index (χ3n) is 3.54. The molecular weight excluding hydrogens is 336 g/mol. The normalized spacial score (nSPS) is 11.5. The number of hydrogen-bond donors (Lipinski definition) is 2. The molecule has 0 aliphatic rings. The minimum atomic E-state index is -0.187. The molecule has 0 bridgehead atoms. The monoisotopic (exact) mass is 354 g/mol. The molecule has 0 atom stereocenters. The molecule has 0 aliphatic heterocycles. The van der Waals surface area contributed by atoms with Gasteiger partial charge in [-0.05, 0) is 31.2 Å². The number of methoxy groups -OCH3 is 1. The fraction of sp³-hybridized carbons (Fsp3) is 0.167. The number of H-pyrrole nitrogens is 1. The van der Waals surface area contributed by atoms with Gasteiger partial charge < -0.3 is 9.72 Å². The zero-order valence-corrected chi connectivity index (χ0v) is 14.8. The maximum Gasteiger partial charge on any atom is 0.250 e. The largest absolute Gasteiger partial charge is 0.497 e. The van der Waals surface area contributed by atoms with Crippen molar-refractivity contribution < 1.29 is 9.53 Å². The molecule has 0 unspecified atom stereocenters. The molecule has 1 amide bonds. The van der Waals surface area contributed by atoms with Crippen molar-refractivity contribution in [2.24, 2.45) is 5.10 Å². The Hall–Kier alpha value is -2.80. The highest BCUT2D eigenvalue weighted by atomic mass is 32.2. The zero-order valence-electron chi connectivity index (χ0n) is 13.9. The number of carbonyl (C=O) groups is 1. The Labute approximate surface area is 149 Å². The molecule has 0 saturated heterocycles. The fourth-order valence-corrected chi connectivity index (χ4v) is 2.90. The van der Waals surface area contributed by atoms with E-state index < -0.39 is 0 Å². The summed E-state index contributed by atoms with van der Waals surface area (Å²) < 4.78 is 5.19. The number of imidazole rings is 1. The van der Waals surface area contributed by atoms with Gasteiger partial charge in [-0.1, -0.05) is 36.0 Å². The molecule has 0 aliphatic carbocycles. The van der Waals surface area contributed by atoms with E-state index in [-0.39, 0.29) is 11.7 Å². The van der Waals surface area contributed by atoms with Crippen molar-refractivity contribution in [3.63, 3.8) is 0 Å². The molecule has 2 aromatic carbocycles. The SMILES string of the molecule is COc1cccc(C(C)=NNC(=O)CSc2nc3ccccc3[nH]2)c1. The lowest BCUT2D eigenvalue weighted by Crippen LogP contribution is -2.21. The van der Waals surface area contributed by atoms with Crippen molar-refractivity contribution in [3.05, 3.63) is 54.1 Å². The molecular formula is C18H18N4O2S. The molecule has 3 rings (SSSR count). The Kier molecular flexibility index (Phi) is 5.35. The summed E-state index contributed by atoms with van der Waals surface area (Å²) in [6.45, 7) is 1.83. The molecule has 128 valence electrons. The van der Waals surface area contributed by atoms with Crippen LogP contribution in [0.25, 0.3) is 11.0 Å². The highest BCUT2D eigenvalue weighted by Gasteiger charge is 2.07. The van der Waals surface area contributed by atoms with Crippen LogP contribution in [0, 0.1) is 0 Å². The predicted molar refractivity (Wildman–Crippen MR) is 100 cm³/mol. The van der Waals surface area contributed by atoms with Crippen LogP contribution in [0.15, 0.2) is 58.8 Å². The van der Waals surface area contributed by atoms with Gasteiger partial charge in [0.15, 0.2) is 5.16 Å². The van der Waals surface area contributed by atoms with Crippen molar-refractivity contribution in [1.82, 2.24) is 15.4 Å². The molecule has 7 heteroatoms. The first-order valence-corrected chi connectivity index (χ1v) is 8.69. The van der Waals surface area contributed by atoms with E-state index in [1.807, 2.05) is 55.5 Å². The summed E-state index contributed by atoms with van der Waals surface area (Å²) in [5.74, 6) is 0.792. The number of ether oxygens (including phenoxy) is 1. The van der Waals surface area contributed by atoms with E-state index in [2.05, 4.69) is 20.5 Å². The number of amides is 1. The first kappa shape index (κ1) is 17.0. The number of para-hydroxylation sites is 2. The summed E-state index contributed by atoms with van der Waals surface area (Å²) in [5.41, 5.74) is 6.01. The second-order valence-corrected chi connectivity index (χ2v) is 6.28.